The summed E-state index contributed by atoms with van der Waals surface area (Å²) in [5.41, 5.74) is 4.51. The predicted octanol–water partition coefficient (Wildman–Crippen LogP) is 5.45. The third kappa shape index (κ3) is 4.84. The molecule has 0 aliphatic heterocycles. The molecule has 0 N–H and O–H groups in total. The van der Waals surface area contributed by atoms with Gasteiger partial charge in [0.05, 0.1) is 7.11 Å². The average molecular weight is 430 g/mol. The van der Waals surface area contributed by atoms with E-state index in [1.54, 1.807) is 13.2 Å². The highest BCUT2D eigenvalue weighted by Gasteiger charge is 2.17. The van der Waals surface area contributed by atoms with Crippen LogP contribution in [0.4, 0.5) is 0 Å². The summed E-state index contributed by atoms with van der Waals surface area (Å²) in [6, 6.07) is 21.6. The Labute approximate surface area is 188 Å². The van der Waals surface area contributed by atoms with Crippen molar-refractivity contribution in [2.24, 2.45) is 0 Å². The molecule has 0 aliphatic rings. The Bertz CT molecular complexity index is 1190. The van der Waals surface area contributed by atoms with Crippen molar-refractivity contribution in [1.82, 2.24) is 4.90 Å². The zero-order chi connectivity index (χ0) is 22.5. The number of fused-ring (bicyclic) bond motifs is 1. The average Bonchev–Trinajstić information content (AvgIpc) is 3.17. The summed E-state index contributed by atoms with van der Waals surface area (Å²) in [6.07, 6.45) is 1.54. The van der Waals surface area contributed by atoms with Crippen LogP contribution >= 0.6 is 0 Å². The van der Waals surface area contributed by atoms with E-state index in [2.05, 4.69) is 17.0 Å². The van der Waals surface area contributed by atoms with Crippen molar-refractivity contribution in [3.05, 3.63) is 83.4 Å². The van der Waals surface area contributed by atoms with Crippen molar-refractivity contribution in [3.8, 4) is 22.8 Å². The van der Waals surface area contributed by atoms with Crippen LogP contribution in [0.3, 0.4) is 0 Å². The second kappa shape index (κ2) is 9.71. The van der Waals surface area contributed by atoms with E-state index in [0.717, 1.165) is 52.2 Å². The van der Waals surface area contributed by atoms with Gasteiger partial charge in [-0.3, -0.25) is 4.79 Å². The van der Waals surface area contributed by atoms with Gasteiger partial charge in [-0.15, -0.1) is 0 Å². The van der Waals surface area contributed by atoms with Gasteiger partial charge >= 0.3 is 0 Å². The number of carbonyl (C=O) groups is 1. The molecule has 0 radical (unpaired) electrons. The maximum absolute atomic E-state index is 11.2. The first-order valence-corrected chi connectivity index (χ1v) is 10.6. The summed E-state index contributed by atoms with van der Waals surface area (Å²) in [5.74, 6) is 2.45. The fourth-order valence-corrected chi connectivity index (χ4v) is 3.64. The zero-order valence-corrected chi connectivity index (χ0v) is 18.6. The highest BCUT2D eigenvalue weighted by atomic mass is 16.5. The number of carbonyl (C=O) groups excluding carboxylic acids is 1. The summed E-state index contributed by atoms with van der Waals surface area (Å²) in [4.78, 5) is 13.3. The molecule has 4 aromatic rings. The third-order valence-electron chi connectivity index (χ3n) is 5.42. The minimum atomic E-state index is 0.596. The molecule has 0 amide bonds. The van der Waals surface area contributed by atoms with E-state index in [9.17, 15) is 4.79 Å². The molecule has 0 spiro atoms. The minimum Gasteiger partial charge on any atom is -0.497 e. The molecule has 1 aromatic heterocycles. The number of nitrogens with zero attached hydrogens (tertiary/aromatic N) is 1. The van der Waals surface area contributed by atoms with Gasteiger partial charge in [-0.2, -0.15) is 0 Å². The molecule has 5 heteroatoms. The van der Waals surface area contributed by atoms with Crippen LogP contribution in [0.25, 0.3) is 22.3 Å². The van der Waals surface area contributed by atoms with Crippen molar-refractivity contribution in [2.75, 3.05) is 34.4 Å². The van der Waals surface area contributed by atoms with Crippen LogP contribution in [0.2, 0.25) is 0 Å². The van der Waals surface area contributed by atoms with Crippen LogP contribution in [-0.2, 0) is 6.42 Å². The van der Waals surface area contributed by atoms with Crippen LogP contribution in [0, 0.1) is 0 Å². The lowest BCUT2D eigenvalue weighted by Gasteiger charge is -2.11. The largest absolute Gasteiger partial charge is 0.497 e. The molecule has 0 unspecified atom stereocenters. The van der Waals surface area contributed by atoms with Crippen molar-refractivity contribution >= 4 is 17.3 Å². The van der Waals surface area contributed by atoms with Crippen LogP contribution in [0.15, 0.2) is 71.1 Å². The first-order valence-electron chi connectivity index (χ1n) is 10.6. The van der Waals surface area contributed by atoms with Gasteiger partial charge < -0.3 is 18.8 Å². The minimum absolute atomic E-state index is 0.596. The number of hydrogen-bond donors (Lipinski definition) is 0. The number of benzene rings is 3. The van der Waals surface area contributed by atoms with E-state index in [1.807, 2.05) is 62.6 Å². The SMILES string of the molecule is COc1ccc(-c2oc3cc(C=O)ccc3c2Cc2ccc(OCCN(C)C)cc2)cc1. The topological polar surface area (TPSA) is 51.9 Å². The summed E-state index contributed by atoms with van der Waals surface area (Å²) in [5, 5.41) is 1.01. The van der Waals surface area contributed by atoms with E-state index in [4.69, 9.17) is 13.9 Å². The standard InChI is InChI=1S/C27H27NO4/c1-28(2)14-15-31-23-9-4-19(5-10-23)16-25-24-13-6-20(18-29)17-26(24)32-27(25)21-7-11-22(30-3)12-8-21/h4-13,17-18H,14-16H2,1-3H3. The quantitative estimate of drug-likeness (QED) is 0.331. The molecule has 0 saturated heterocycles. The lowest BCUT2D eigenvalue weighted by atomic mass is 9.98. The first kappa shape index (κ1) is 21.7. The molecule has 0 fully saturated rings. The number of rotatable bonds is 9. The Hall–Kier alpha value is -3.57. The molecule has 164 valence electrons. The van der Waals surface area contributed by atoms with Crippen LogP contribution in [-0.4, -0.2) is 45.5 Å². The van der Waals surface area contributed by atoms with Crippen molar-refractivity contribution < 1.29 is 18.7 Å². The molecule has 5 nitrogen and oxygen atoms in total. The lowest BCUT2D eigenvalue weighted by molar-refractivity contribution is 0.112. The van der Waals surface area contributed by atoms with Gasteiger partial charge in [0.2, 0.25) is 0 Å². The van der Waals surface area contributed by atoms with E-state index >= 15 is 0 Å². The zero-order valence-electron chi connectivity index (χ0n) is 18.6. The monoisotopic (exact) mass is 429 g/mol. The van der Waals surface area contributed by atoms with Gasteiger partial charge in [0.1, 0.15) is 35.7 Å². The highest BCUT2D eigenvalue weighted by Crippen LogP contribution is 2.36. The summed E-state index contributed by atoms with van der Waals surface area (Å²) in [7, 11) is 5.71. The highest BCUT2D eigenvalue weighted by molar-refractivity contribution is 5.92. The van der Waals surface area contributed by atoms with Crippen molar-refractivity contribution in [3.63, 3.8) is 0 Å². The molecule has 0 aliphatic carbocycles. The van der Waals surface area contributed by atoms with Crippen LogP contribution < -0.4 is 9.47 Å². The summed E-state index contributed by atoms with van der Waals surface area (Å²) < 4.78 is 17.3. The number of hydrogen-bond acceptors (Lipinski definition) is 5. The number of methoxy groups -OCH3 is 1. The number of likely N-dealkylation sites (N-methyl/N-ethyl adjacent to an activating group) is 1. The second-order valence-electron chi connectivity index (χ2n) is 7.98. The first-order chi connectivity index (χ1) is 15.6. The lowest BCUT2D eigenvalue weighted by Crippen LogP contribution is -2.19. The molecular formula is C27H27NO4. The second-order valence-corrected chi connectivity index (χ2v) is 7.98. The molecule has 4 rings (SSSR count). The fraction of sp³-hybridized carbons (Fsp3) is 0.222. The van der Waals surface area contributed by atoms with Crippen LogP contribution in [0.1, 0.15) is 21.5 Å². The maximum atomic E-state index is 11.2. The van der Waals surface area contributed by atoms with Gasteiger partial charge in [-0.05, 0) is 62.1 Å². The fourth-order valence-electron chi connectivity index (χ4n) is 3.64. The normalized spacial score (nSPS) is 11.1. The predicted molar refractivity (Wildman–Crippen MR) is 127 cm³/mol. The maximum Gasteiger partial charge on any atom is 0.150 e. The molecule has 32 heavy (non-hydrogen) atoms. The Balaban J connectivity index is 1.66. The molecule has 0 atom stereocenters. The summed E-state index contributed by atoms with van der Waals surface area (Å²) in [6.45, 7) is 1.52. The van der Waals surface area contributed by atoms with Crippen molar-refractivity contribution in [1.29, 1.82) is 0 Å². The smallest absolute Gasteiger partial charge is 0.150 e. The Morgan fingerprint density at radius 3 is 2.31 bits per heavy atom. The van der Waals surface area contributed by atoms with E-state index < -0.39 is 0 Å². The Morgan fingerprint density at radius 2 is 1.66 bits per heavy atom. The molecular weight excluding hydrogens is 402 g/mol. The van der Waals surface area contributed by atoms with E-state index in [-0.39, 0.29) is 0 Å². The van der Waals surface area contributed by atoms with Gasteiger partial charge in [-0.25, -0.2) is 0 Å². The third-order valence-corrected chi connectivity index (χ3v) is 5.42. The van der Waals surface area contributed by atoms with E-state index in [0.29, 0.717) is 24.2 Å². The van der Waals surface area contributed by atoms with E-state index in [1.165, 1.54) is 0 Å². The summed E-state index contributed by atoms with van der Waals surface area (Å²) >= 11 is 0. The number of aldehydes is 1. The molecule has 3 aromatic carbocycles. The Morgan fingerprint density at radius 1 is 0.938 bits per heavy atom. The molecule has 0 saturated carbocycles. The van der Waals surface area contributed by atoms with Crippen molar-refractivity contribution in [2.45, 2.75) is 6.42 Å². The molecule has 0 bridgehead atoms. The van der Waals surface area contributed by atoms with Gasteiger partial charge in [0.15, 0.2) is 0 Å². The molecule has 1 heterocycles. The van der Waals surface area contributed by atoms with Crippen LogP contribution in [0.5, 0.6) is 11.5 Å². The number of ether oxygens (including phenoxy) is 2. The Kier molecular flexibility index (Phi) is 6.57. The number of furan rings is 1. The van der Waals surface area contributed by atoms with Gasteiger partial charge in [0.25, 0.3) is 0 Å². The van der Waals surface area contributed by atoms with Gasteiger partial charge in [-0.1, -0.05) is 24.3 Å². The van der Waals surface area contributed by atoms with Gasteiger partial charge in [0, 0.05) is 35.0 Å².